The molecular weight excluding hydrogens is 331 g/mol. The predicted octanol–water partition coefficient (Wildman–Crippen LogP) is 4.41. The number of hydrogen-bond donors (Lipinski definition) is 2. The lowest BCUT2D eigenvalue weighted by Crippen LogP contribution is -2.07. The van der Waals surface area contributed by atoms with Gasteiger partial charge in [0.15, 0.2) is 0 Å². The molecule has 0 aliphatic rings. The molecule has 0 radical (unpaired) electrons. The maximum atomic E-state index is 12.9. The molecule has 0 bridgehead atoms. The molecule has 0 unspecified atom stereocenters. The number of anilines is 3. The monoisotopic (exact) mass is 352 g/mol. The minimum absolute atomic E-state index is 0.222. The van der Waals surface area contributed by atoms with Crippen LogP contribution < -0.4 is 15.4 Å². The van der Waals surface area contributed by atoms with Crippen LogP contribution >= 0.6 is 0 Å². The number of nitrogens with zero attached hydrogens (tertiary/aromatic N) is 2. The highest BCUT2D eigenvalue weighted by Gasteiger charge is 2.05. The van der Waals surface area contributed by atoms with Gasteiger partial charge in [-0.05, 0) is 43.2 Å². The number of nitrogens with one attached hydrogen (secondary N) is 2. The quantitative estimate of drug-likeness (QED) is 0.629. The normalized spacial score (nSPS) is 10.4. The topological polar surface area (TPSA) is 59.1 Å². The van der Waals surface area contributed by atoms with Crippen LogP contribution in [0.3, 0.4) is 0 Å². The van der Waals surface area contributed by atoms with Crippen molar-refractivity contribution in [3.63, 3.8) is 0 Å². The largest absolute Gasteiger partial charge is 0.492 e. The van der Waals surface area contributed by atoms with Crippen molar-refractivity contribution in [1.82, 2.24) is 9.97 Å². The molecule has 26 heavy (non-hydrogen) atoms. The van der Waals surface area contributed by atoms with Gasteiger partial charge in [-0.25, -0.2) is 14.4 Å². The standard InChI is InChI=1S/C20H21FN4O/c1-2-26-18-6-4-3-5-17(18)25-20-13-19(23-14-24-20)22-12-11-15-7-9-16(21)10-8-15/h3-10,13-14H,2,11-12H2,1H3,(H2,22,23,24,25). The number of para-hydroxylation sites is 2. The lowest BCUT2D eigenvalue weighted by molar-refractivity contribution is 0.342. The average molecular weight is 352 g/mol. The average Bonchev–Trinajstić information content (AvgIpc) is 2.66. The molecule has 0 aliphatic carbocycles. The molecule has 0 amide bonds. The van der Waals surface area contributed by atoms with Crippen LogP contribution in [0.25, 0.3) is 0 Å². The van der Waals surface area contributed by atoms with Crippen LogP contribution in [-0.4, -0.2) is 23.1 Å². The molecule has 0 spiro atoms. The second-order valence-electron chi connectivity index (χ2n) is 5.65. The summed E-state index contributed by atoms with van der Waals surface area (Å²) < 4.78 is 18.5. The fraction of sp³-hybridized carbons (Fsp3) is 0.200. The Labute approximate surface area is 152 Å². The van der Waals surface area contributed by atoms with E-state index >= 15 is 0 Å². The van der Waals surface area contributed by atoms with Crippen molar-refractivity contribution in [2.75, 3.05) is 23.8 Å². The van der Waals surface area contributed by atoms with Crippen LogP contribution in [0.4, 0.5) is 21.7 Å². The smallest absolute Gasteiger partial charge is 0.142 e. The summed E-state index contributed by atoms with van der Waals surface area (Å²) in [6.07, 6.45) is 2.28. The van der Waals surface area contributed by atoms with E-state index < -0.39 is 0 Å². The molecule has 0 fully saturated rings. The van der Waals surface area contributed by atoms with E-state index in [0.717, 1.165) is 29.2 Å². The number of aromatic nitrogens is 2. The van der Waals surface area contributed by atoms with Crippen molar-refractivity contribution in [2.45, 2.75) is 13.3 Å². The highest BCUT2D eigenvalue weighted by atomic mass is 19.1. The molecule has 6 heteroatoms. The summed E-state index contributed by atoms with van der Waals surface area (Å²) in [4.78, 5) is 8.48. The van der Waals surface area contributed by atoms with E-state index in [-0.39, 0.29) is 5.82 Å². The number of ether oxygens (including phenoxy) is 1. The minimum atomic E-state index is -0.222. The lowest BCUT2D eigenvalue weighted by Gasteiger charge is -2.12. The number of rotatable bonds is 8. The van der Waals surface area contributed by atoms with Gasteiger partial charge in [-0.2, -0.15) is 0 Å². The van der Waals surface area contributed by atoms with Crippen LogP contribution in [0, 0.1) is 5.82 Å². The van der Waals surface area contributed by atoms with E-state index in [4.69, 9.17) is 4.74 Å². The Hall–Kier alpha value is -3.15. The molecule has 1 aromatic heterocycles. The maximum Gasteiger partial charge on any atom is 0.142 e. The zero-order valence-corrected chi connectivity index (χ0v) is 14.6. The predicted molar refractivity (Wildman–Crippen MR) is 102 cm³/mol. The van der Waals surface area contributed by atoms with E-state index in [1.807, 2.05) is 37.3 Å². The van der Waals surface area contributed by atoms with E-state index in [2.05, 4.69) is 20.6 Å². The fourth-order valence-electron chi connectivity index (χ4n) is 2.50. The van der Waals surface area contributed by atoms with Crippen LogP contribution in [0.5, 0.6) is 5.75 Å². The van der Waals surface area contributed by atoms with E-state index in [1.165, 1.54) is 18.5 Å². The van der Waals surface area contributed by atoms with Gasteiger partial charge in [0, 0.05) is 12.6 Å². The summed E-state index contributed by atoms with van der Waals surface area (Å²) in [5, 5.41) is 6.51. The maximum absolute atomic E-state index is 12.9. The van der Waals surface area contributed by atoms with Crippen molar-refractivity contribution >= 4 is 17.3 Å². The SMILES string of the molecule is CCOc1ccccc1Nc1cc(NCCc2ccc(F)cc2)ncn1. The second-order valence-corrected chi connectivity index (χ2v) is 5.65. The Kier molecular flexibility index (Phi) is 5.98. The van der Waals surface area contributed by atoms with Crippen LogP contribution in [0.15, 0.2) is 60.9 Å². The Bertz CT molecular complexity index is 839. The zero-order valence-electron chi connectivity index (χ0n) is 14.6. The molecule has 0 saturated carbocycles. The molecule has 2 N–H and O–H groups in total. The number of halogens is 1. The molecule has 0 atom stereocenters. The summed E-state index contributed by atoms with van der Waals surface area (Å²) in [7, 11) is 0. The Morgan fingerprint density at radius 2 is 1.77 bits per heavy atom. The molecule has 1 heterocycles. The van der Waals surface area contributed by atoms with Gasteiger partial charge in [0.05, 0.1) is 12.3 Å². The number of hydrogen-bond acceptors (Lipinski definition) is 5. The molecule has 0 saturated heterocycles. The van der Waals surface area contributed by atoms with Gasteiger partial charge in [-0.3, -0.25) is 0 Å². The first kappa shape index (κ1) is 17.7. The Morgan fingerprint density at radius 1 is 1.00 bits per heavy atom. The van der Waals surface area contributed by atoms with Crippen molar-refractivity contribution in [3.8, 4) is 5.75 Å². The third-order valence-electron chi connectivity index (χ3n) is 3.75. The van der Waals surface area contributed by atoms with Gasteiger partial charge in [0.2, 0.25) is 0 Å². The summed E-state index contributed by atoms with van der Waals surface area (Å²) in [6.45, 7) is 3.24. The van der Waals surface area contributed by atoms with E-state index in [0.29, 0.717) is 19.0 Å². The first-order valence-corrected chi connectivity index (χ1v) is 8.54. The first-order chi connectivity index (χ1) is 12.7. The van der Waals surface area contributed by atoms with Gasteiger partial charge < -0.3 is 15.4 Å². The molecule has 3 rings (SSSR count). The zero-order chi connectivity index (χ0) is 18.2. The van der Waals surface area contributed by atoms with E-state index in [9.17, 15) is 4.39 Å². The minimum Gasteiger partial charge on any atom is -0.492 e. The molecule has 134 valence electrons. The van der Waals surface area contributed by atoms with Crippen LogP contribution in [0.2, 0.25) is 0 Å². The fourth-order valence-corrected chi connectivity index (χ4v) is 2.50. The molecular formula is C20H21FN4O. The summed E-state index contributed by atoms with van der Waals surface area (Å²) in [5.41, 5.74) is 1.92. The Morgan fingerprint density at radius 3 is 2.58 bits per heavy atom. The van der Waals surface area contributed by atoms with E-state index in [1.54, 1.807) is 12.1 Å². The van der Waals surface area contributed by atoms with Crippen LogP contribution in [-0.2, 0) is 6.42 Å². The highest BCUT2D eigenvalue weighted by molar-refractivity contribution is 5.65. The third kappa shape index (κ3) is 4.92. The van der Waals surface area contributed by atoms with Gasteiger partial charge >= 0.3 is 0 Å². The highest BCUT2D eigenvalue weighted by Crippen LogP contribution is 2.27. The molecule has 2 aromatic carbocycles. The molecule has 5 nitrogen and oxygen atoms in total. The van der Waals surface area contributed by atoms with Crippen molar-refractivity contribution < 1.29 is 9.13 Å². The van der Waals surface area contributed by atoms with Crippen LogP contribution in [0.1, 0.15) is 12.5 Å². The summed E-state index contributed by atoms with van der Waals surface area (Å²) in [6, 6.07) is 16.1. The van der Waals surface area contributed by atoms with Crippen molar-refractivity contribution in [1.29, 1.82) is 0 Å². The van der Waals surface area contributed by atoms with Crippen molar-refractivity contribution in [3.05, 3.63) is 72.3 Å². The lowest BCUT2D eigenvalue weighted by atomic mass is 10.1. The first-order valence-electron chi connectivity index (χ1n) is 8.54. The number of benzene rings is 2. The summed E-state index contributed by atoms with van der Waals surface area (Å²) in [5.74, 6) is 1.95. The van der Waals surface area contributed by atoms with Gasteiger partial charge in [-0.1, -0.05) is 24.3 Å². The molecule has 0 aliphatic heterocycles. The third-order valence-corrected chi connectivity index (χ3v) is 3.75. The Balaban J connectivity index is 1.60. The van der Waals surface area contributed by atoms with Gasteiger partial charge in [0.1, 0.15) is 29.5 Å². The van der Waals surface area contributed by atoms with Gasteiger partial charge in [0.25, 0.3) is 0 Å². The van der Waals surface area contributed by atoms with Crippen molar-refractivity contribution in [2.24, 2.45) is 0 Å². The van der Waals surface area contributed by atoms with Gasteiger partial charge in [-0.15, -0.1) is 0 Å². The molecule has 3 aromatic rings. The summed E-state index contributed by atoms with van der Waals surface area (Å²) >= 11 is 0. The second kappa shape index (κ2) is 8.80.